The summed E-state index contributed by atoms with van der Waals surface area (Å²) in [5.74, 6) is 0.998. The number of carbonyl (C=O) groups excluding carboxylic acids is 1. The predicted octanol–water partition coefficient (Wildman–Crippen LogP) is 3.68. The summed E-state index contributed by atoms with van der Waals surface area (Å²) in [6.07, 6.45) is 1.67. The Kier molecular flexibility index (Phi) is 7.80. The first-order valence-corrected chi connectivity index (χ1v) is 10.4. The number of amides is 1. The fraction of sp³-hybridized carbons (Fsp3) is 0.273. The van der Waals surface area contributed by atoms with Crippen molar-refractivity contribution in [1.29, 1.82) is 0 Å². The summed E-state index contributed by atoms with van der Waals surface area (Å²) in [4.78, 5) is 12.3. The van der Waals surface area contributed by atoms with Crippen LogP contribution < -0.4 is 14.2 Å². The van der Waals surface area contributed by atoms with Crippen molar-refractivity contribution in [2.45, 2.75) is 6.42 Å². The van der Waals surface area contributed by atoms with Gasteiger partial charge in [0.05, 0.1) is 37.7 Å². The molecule has 0 fully saturated rings. The monoisotopic (exact) mass is 446 g/mol. The summed E-state index contributed by atoms with van der Waals surface area (Å²) in [6, 6.07) is 9.91. The molecule has 31 heavy (non-hydrogen) atoms. The van der Waals surface area contributed by atoms with Crippen LogP contribution in [0.25, 0.3) is 10.1 Å². The van der Waals surface area contributed by atoms with Gasteiger partial charge in [0.25, 0.3) is 0 Å². The molecule has 9 heteroatoms. The van der Waals surface area contributed by atoms with E-state index in [1.54, 1.807) is 42.9 Å². The molecule has 2 aromatic carbocycles. The molecule has 0 bridgehead atoms. The molecule has 1 heterocycles. The van der Waals surface area contributed by atoms with Gasteiger partial charge < -0.3 is 19.3 Å². The van der Waals surface area contributed by atoms with Crippen LogP contribution in [0.5, 0.6) is 17.2 Å². The lowest BCUT2D eigenvalue weighted by molar-refractivity contribution is -0.130. The number of thiophene rings is 1. The predicted molar refractivity (Wildman–Crippen MR) is 118 cm³/mol. The van der Waals surface area contributed by atoms with Crippen LogP contribution in [-0.4, -0.2) is 56.2 Å². The molecule has 0 aliphatic heterocycles. The molecule has 0 unspecified atom stereocenters. The third-order valence-corrected chi connectivity index (χ3v) is 5.40. The SMILES string of the molecule is COc1cc(OCCC(=O)N(C)/N=C/c2csc3c(F)cccc23)ccc1OCCO. The fourth-order valence-electron chi connectivity index (χ4n) is 2.79. The average molecular weight is 447 g/mol. The highest BCUT2D eigenvalue weighted by atomic mass is 32.1. The highest BCUT2D eigenvalue weighted by Crippen LogP contribution is 2.31. The number of aliphatic hydroxyl groups is 1. The second kappa shape index (κ2) is 10.7. The quantitative estimate of drug-likeness (QED) is 0.380. The van der Waals surface area contributed by atoms with Gasteiger partial charge in [-0.25, -0.2) is 9.40 Å². The Morgan fingerprint density at radius 2 is 2.06 bits per heavy atom. The molecular formula is C22H23FN2O5S. The number of ether oxygens (including phenoxy) is 3. The summed E-state index contributed by atoms with van der Waals surface area (Å²) >= 11 is 1.30. The number of nitrogens with zero attached hydrogens (tertiary/aromatic N) is 2. The van der Waals surface area contributed by atoms with Crippen LogP contribution in [0.4, 0.5) is 4.39 Å². The first-order chi connectivity index (χ1) is 15.0. The maximum atomic E-state index is 13.8. The van der Waals surface area contributed by atoms with Crippen molar-refractivity contribution in [3.63, 3.8) is 0 Å². The lowest BCUT2D eigenvalue weighted by Gasteiger charge is -2.13. The standard InChI is InChI=1S/C22H23FN2O5S/c1-25(24-13-15-14-31-22-17(15)4-3-5-18(22)23)21(27)8-10-29-16-6-7-19(30-11-9-26)20(12-16)28-2/h3-7,12-14,26H,8-11H2,1-2H3/b24-13+. The first kappa shape index (κ1) is 22.5. The van der Waals surface area contributed by atoms with E-state index in [0.29, 0.717) is 21.9 Å². The van der Waals surface area contributed by atoms with Crippen molar-refractivity contribution in [3.8, 4) is 17.2 Å². The zero-order chi connectivity index (χ0) is 22.2. The molecule has 0 saturated heterocycles. The Labute approximate surface area is 183 Å². The lowest BCUT2D eigenvalue weighted by atomic mass is 10.2. The number of fused-ring (bicyclic) bond motifs is 1. The van der Waals surface area contributed by atoms with Crippen LogP contribution in [0.2, 0.25) is 0 Å². The highest BCUT2D eigenvalue weighted by Gasteiger charge is 2.11. The van der Waals surface area contributed by atoms with E-state index in [1.807, 2.05) is 6.07 Å². The molecule has 1 N–H and O–H groups in total. The molecule has 0 aliphatic carbocycles. The van der Waals surface area contributed by atoms with Gasteiger partial charge in [0.15, 0.2) is 11.5 Å². The Morgan fingerprint density at radius 3 is 2.84 bits per heavy atom. The minimum Gasteiger partial charge on any atom is -0.493 e. The van der Waals surface area contributed by atoms with Crippen molar-refractivity contribution in [1.82, 2.24) is 5.01 Å². The van der Waals surface area contributed by atoms with Gasteiger partial charge in [0.1, 0.15) is 18.2 Å². The van der Waals surface area contributed by atoms with Gasteiger partial charge in [-0.05, 0) is 18.2 Å². The van der Waals surface area contributed by atoms with Gasteiger partial charge in [-0.1, -0.05) is 12.1 Å². The van der Waals surface area contributed by atoms with Gasteiger partial charge in [-0.15, -0.1) is 11.3 Å². The summed E-state index contributed by atoms with van der Waals surface area (Å²) in [5.41, 5.74) is 0.756. The Morgan fingerprint density at radius 1 is 1.23 bits per heavy atom. The van der Waals surface area contributed by atoms with E-state index in [4.69, 9.17) is 19.3 Å². The van der Waals surface area contributed by atoms with Gasteiger partial charge in [0.2, 0.25) is 5.91 Å². The van der Waals surface area contributed by atoms with E-state index in [2.05, 4.69) is 5.10 Å². The zero-order valence-corrected chi connectivity index (χ0v) is 18.0. The third kappa shape index (κ3) is 5.71. The molecule has 0 saturated carbocycles. The van der Waals surface area contributed by atoms with Crippen LogP contribution in [0, 0.1) is 5.82 Å². The lowest BCUT2D eigenvalue weighted by Crippen LogP contribution is -2.23. The molecule has 3 aromatic rings. The molecule has 1 amide bonds. The number of rotatable bonds is 10. The van der Waals surface area contributed by atoms with Gasteiger partial charge in [-0.2, -0.15) is 5.10 Å². The van der Waals surface area contributed by atoms with E-state index >= 15 is 0 Å². The molecule has 164 valence electrons. The molecule has 1 aromatic heterocycles. The van der Waals surface area contributed by atoms with Crippen molar-refractivity contribution in [2.24, 2.45) is 5.10 Å². The summed E-state index contributed by atoms with van der Waals surface area (Å²) in [5, 5.41) is 16.8. The van der Waals surface area contributed by atoms with Crippen LogP contribution in [-0.2, 0) is 4.79 Å². The Balaban J connectivity index is 1.53. The van der Waals surface area contributed by atoms with E-state index < -0.39 is 0 Å². The highest BCUT2D eigenvalue weighted by molar-refractivity contribution is 7.17. The Bertz CT molecular complexity index is 1070. The molecule has 0 aliphatic rings. The van der Waals surface area contributed by atoms with Crippen molar-refractivity contribution in [3.05, 3.63) is 53.2 Å². The van der Waals surface area contributed by atoms with Gasteiger partial charge in [-0.3, -0.25) is 4.79 Å². The number of methoxy groups -OCH3 is 1. The first-order valence-electron chi connectivity index (χ1n) is 9.54. The minimum atomic E-state index is -0.270. The topological polar surface area (TPSA) is 80.6 Å². The number of hydrogen-bond donors (Lipinski definition) is 1. The summed E-state index contributed by atoms with van der Waals surface area (Å²) in [7, 11) is 3.07. The number of hydrazone groups is 1. The second-order valence-electron chi connectivity index (χ2n) is 6.45. The minimum absolute atomic E-state index is 0.0982. The number of aliphatic hydroxyl groups excluding tert-OH is 1. The normalized spacial score (nSPS) is 11.1. The van der Waals surface area contributed by atoms with Crippen LogP contribution in [0.3, 0.4) is 0 Å². The summed E-state index contributed by atoms with van der Waals surface area (Å²) < 4.78 is 30.6. The zero-order valence-electron chi connectivity index (χ0n) is 17.2. The number of halogens is 1. The second-order valence-corrected chi connectivity index (χ2v) is 7.33. The molecule has 0 spiro atoms. The van der Waals surface area contributed by atoms with Gasteiger partial charge >= 0.3 is 0 Å². The molecule has 0 atom stereocenters. The largest absolute Gasteiger partial charge is 0.493 e. The number of benzene rings is 2. The number of hydrogen-bond acceptors (Lipinski definition) is 7. The molecule has 0 radical (unpaired) electrons. The van der Waals surface area contributed by atoms with E-state index in [-0.39, 0.29) is 38.0 Å². The third-order valence-electron chi connectivity index (χ3n) is 4.38. The van der Waals surface area contributed by atoms with E-state index in [9.17, 15) is 9.18 Å². The van der Waals surface area contributed by atoms with Crippen molar-refractivity contribution < 1.29 is 28.5 Å². The smallest absolute Gasteiger partial charge is 0.245 e. The number of carbonyl (C=O) groups is 1. The average Bonchev–Trinajstić information content (AvgIpc) is 3.20. The van der Waals surface area contributed by atoms with E-state index in [0.717, 1.165) is 10.9 Å². The maximum Gasteiger partial charge on any atom is 0.245 e. The van der Waals surface area contributed by atoms with Crippen LogP contribution in [0.1, 0.15) is 12.0 Å². The molecule has 3 rings (SSSR count). The van der Waals surface area contributed by atoms with Crippen molar-refractivity contribution in [2.75, 3.05) is 34.0 Å². The summed E-state index contributed by atoms with van der Waals surface area (Å²) in [6.45, 7) is 0.221. The maximum absolute atomic E-state index is 13.8. The van der Waals surface area contributed by atoms with Crippen LogP contribution >= 0.6 is 11.3 Å². The van der Waals surface area contributed by atoms with Crippen LogP contribution in [0.15, 0.2) is 46.9 Å². The fourth-order valence-corrected chi connectivity index (χ4v) is 3.71. The van der Waals surface area contributed by atoms with E-state index in [1.165, 1.54) is 29.5 Å². The Hall–Kier alpha value is -3.17. The van der Waals surface area contributed by atoms with Gasteiger partial charge in [0, 0.05) is 29.4 Å². The van der Waals surface area contributed by atoms with Crippen molar-refractivity contribution >= 4 is 33.5 Å². The molecular weight excluding hydrogens is 423 g/mol. The molecule has 7 nitrogen and oxygen atoms in total.